The smallest absolute Gasteiger partial charge is 0.224 e. The van der Waals surface area contributed by atoms with Crippen molar-refractivity contribution in [3.63, 3.8) is 0 Å². The van der Waals surface area contributed by atoms with E-state index in [0.29, 0.717) is 31.9 Å². The van der Waals surface area contributed by atoms with Gasteiger partial charge >= 0.3 is 0 Å². The van der Waals surface area contributed by atoms with Gasteiger partial charge < -0.3 is 20.3 Å². The first kappa shape index (κ1) is 17.7. The predicted octanol–water partition coefficient (Wildman–Crippen LogP) is 1.94. The summed E-state index contributed by atoms with van der Waals surface area (Å²) >= 11 is 0. The second-order valence-corrected chi connectivity index (χ2v) is 6.89. The van der Waals surface area contributed by atoms with Crippen molar-refractivity contribution in [3.05, 3.63) is 23.8 Å². The topological polar surface area (TPSA) is 70.7 Å². The van der Waals surface area contributed by atoms with Crippen LogP contribution in [-0.4, -0.2) is 49.5 Å². The lowest BCUT2D eigenvalue weighted by Gasteiger charge is -2.21. The molecule has 2 aliphatic heterocycles. The molecule has 6 heteroatoms. The lowest BCUT2D eigenvalue weighted by Crippen LogP contribution is -2.38. The Bertz CT molecular complexity index is 626. The summed E-state index contributed by atoms with van der Waals surface area (Å²) in [6.45, 7) is 2.37. The van der Waals surface area contributed by atoms with Crippen LogP contribution in [0.3, 0.4) is 0 Å². The third-order valence-electron chi connectivity index (χ3n) is 4.86. The van der Waals surface area contributed by atoms with Gasteiger partial charge in [0.25, 0.3) is 0 Å². The van der Waals surface area contributed by atoms with E-state index in [-0.39, 0.29) is 11.8 Å². The number of ether oxygens (including phenoxy) is 1. The monoisotopic (exact) mass is 345 g/mol. The molecule has 0 spiro atoms. The van der Waals surface area contributed by atoms with Gasteiger partial charge in [0.1, 0.15) is 5.75 Å². The molecule has 0 aromatic heterocycles. The number of aryl methyl sites for hydroxylation is 1. The molecular weight excluding hydrogens is 318 g/mol. The summed E-state index contributed by atoms with van der Waals surface area (Å²) in [5, 5.41) is 6.28. The second kappa shape index (κ2) is 8.34. The van der Waals surface area contributed by atoms with Crippen LogP contribution in [0.4, 0.5) is 5.69 Å². The van der Waals surface area contributed by atoms with Crippen LogP contribution >= 0.6 is 0 Å². The largest absolute Gasteiger partial charge is 0.494 e. The Kier molecular flexibility index (Phi) is 5.91. The van der Waals surface area contributed by atoms with E-state index in [9.17, 15) is 9.59 Å². The van der Waals surface area contributed by atoms with Crippen molar-refractivity contribution in [2.24, 2.45) is 0 Å². The predicted molar refractivity (Wildman–Crippen MR) is 96.8 cm³/mol. The van der Waals surface area contributed by atoms with Crippen LogP contribution in [0.1, 0.15) is 37.7 Å². The fourth-order valence-corrected chi connectivity index (χ4v) is 3.40. The number of hydrogen-bond donors (Lipinski definition) is 2. The molecule has 3 rings (SSSR count). The number of amides is 2. The summed E-state index contributed by atoms with van der Waals surface area (Å²) < 4.78 is 5.77. The molecular formula is C19H27N3O3. The number of benzene rings is 1. The maximum absolute atomic E-state index is 12.2. The van der Waals surface area contributed by atoms with E-state index in [4.69, 9.17) is 4.74 Å². The van der Waals surface area contributed by atoms with Crippen molar-refractivity contribution in [1.29, 1.82) is 0 Å². The van der Waals surface area contributed by atoms with E-state index in [0.717, 1.165) is 42.9 Å². The minimum Gasteiger partial charge on any atom is -0.494 e. The molecule has 1 atom stereocenters. The van der Waals surface area contributed by atoms with Gasteiger partial charge in [-0.2, -0.15) is 0 Å². The third-order valence-corrected chi connectivity index (χ3v) is 4.86. The number of carbonyl (C=O) groups excluding carboxylic acids is 2. The van der Waals surface area contributed by atoms with Crippen LogP contribution < -0.4 is 15.4 Å². The SMILES string of the molecule is CN(CC1CCCN1)C(=O)CCCOc1ccc2c(c1)CCC(=O)N2. The van der Waals surface area contributed by atoms with Crippen molar-refractivity contribution >= 4 is 17.5 Å². The number of anilines is 1. The Hall–Kier alpha value is -2.08. The highest BCUT2D eigenvalue weighted by atomic mass is 16.5. The first-order valence-corrected chi connectivity index (χ1v) is 9.15. The molecule has 25 heavy (non-hydrogen) atoms. The van der Waals surface area contributed by atoms with Crippen LogP contribution in [0.5, 0.6) is 5.75 Å². The number of nitrogens with zero attached hydrogens (tertiary/aromatic N) is 1. The van der Waals surface area contributed by atoms with E-state index in [1.54, 1.807) is 0 Å². The van der Waals surface area contributed by atoms with Crippen molar-refractivity contribution in [3.8, 4) is 5.75 Å². The molecule has 0 saturated carbocycles. The molecule has 1 aromatic carbocycles. The van der Waals surface area contributed by atoms with Crippen molar-refractivity contribution in [2.75, 3.05) is 32.1 Å². The quantitative estimate of drug-likeness (QED) is 0.741. The van der Waals surface area contributed by atoms with Crippen molar-refractivity contribution in [1.82, 2.24) is 10.2 Å². The number of hydrogen-bond acceptors (Lipinski definition) is 4. The molecule has 2 heterocycles. The summed E-state index contributed by atoms with van der Waals surface area (Å²) in [6.07, 6.45) is 4.83. The molecule has 0 radical (unpaired) electrons. The molecule has 1 aromatic rings. The van der Waals surface area contributed by atoms with Crippen LogP contribution in [0.25, 0.3) is 0 Å². The van der Waals surface area contributed by atoms with E-state index in [2.05, 4.69) is 10.6 Å². The fourth-order valence-electron chi connectivity index (χ4n) is 3.40. The summed E-state index contributed by atoms with van der Waals surface area (Å²) in [6, 6.07) is 6.18. The molecule has 1 fully saturated rings. The third kappa shape index (κ3) is 4.95. The Morgan fingerprint density at radius 3 is 3.04 bits per heavy atom. The zero-order valence-corrected chi connectivity index (χ0v) is 14.8. The van der Waals surface area contributed by atoms with Gasteiger partial charge in [0.2, 0.25) is 11.8 Å². The zero-order chi connectivity index (χ0) is 17.6. The van der Waals surface area contributed by atoms with E-state index in [1.807, 2.05) is 30.1 Å². The molecule has 136 valence electrons. The van der Waals surface area contributed by atoms with Crippen LogP contribution in [0, 0.1) is 0 Å². The van der Waals surface area contributed by atoms with Gasteiger partial charge in [-0.05, 0) is 56.0 Å². The van der Waals surface area contributed by atoms with E-state index >= 15 is 0 Å². The van der Waals surface area contributed by atoms with Gasteiger partial charge in [-0.15, -0.1) is 0 Å². The Balaban J connectivity index is 1.38. The van der Waals surface area contributed by atoms with Gasteiger partial charge in [0.15, 0.2) is 0 Å². The highest BCUT2D eigenvalue weighted by molar-refractivity contribution is 5.94. The molecule has 2 aliphatic rings. The Morgan fingerprint density at radius 2 is 2.24 bits per heavy atom. The number of carbonyl (C=O) groups is 2. The second-order valence-electron chi connectivity index (χ2n) is 6.89. The van der Waals surface area contributed by atoms with Gasteiger partial charge in [0, 0.05) is 38.2 Å². The minimum absolute atomic E-state index is 0.0663. The highest BCUT2D eigenvalue weighted by Crippen LogP contribution is 2.26. The summed E-state index contributed by atoms with van der Waals surface area (Å²) in [5.74, 6) is 1.04. The lowest BCUT2D eigenvalue weighted by atomic mass is 10.0. The van der Waals surface area contributed by atoms with Crippen molar-refractivity contribution < 1.29 is 14.3 Å². The van der Waals surface area contributed by atoms with Crippen LogP contribution in [0.15, 0.2) is 18.2 Å². The van der Waals surface area contributed by atoms with E-state index < -0.39 is 0 Å². The molecule has 2 N–H and O–H groups in total. The van der Waals surface area contributed by atoms with Gasteiger partial charge in [-0.3, -0.25) is 9.59 Å². The maximum Gasteiger partial charge on any atom is 0.224 e. The summed E-state index contributed by atoms with van der Waals surface area (Å²) in [7, 11) is 1.88. The minimum atomic E-state index is 0.0663. The Morgan fingerprint density at radius 1 is 1.36 bits per heavy atom. The summed E-state index contributed by atoms with van der Waals surface area (Å²) in [4.78, 5) is 25.4. The first-order valence-electron chi connectivity index (χ1n) is 9.15. The number of rotatable bonds is 7. The van der Waals surface area contributed by atoms with Gasteiger partial charge in [0.05, 0.1) is 6.61 Å². The molecule has 1 unspecified atom stereocenters. The number of fused-ring (bicyclic) bond motifs is 1. The Labute approximate surface area is 148 Å². The molecule has 0 aliphatic carbocycles. The normalized spacial score (nSPS) is 19.2. The van der Waals surface area contributed by atoms with E-state index in [1.165, 1.54) is 6.42 Å². The maximum atomic E-state index is 12.2. The molecule has 2 amide bonds. The van der Waals surface area contributed by atoms with Gasteiger partial charge in [-0.1, -0.05) is 0 Å². The van der Waals surface area contributed by atoms with Crippen LogP contribution in [-0.2, 0) is 16.0 Å². The van der Waals surface area contributed by atoms with Crippen LogP contribution in [0.2, 0.25) is 0 Å². The molecule has 0 bridgehead atoms. The standard InChI is InChI=1S/C19H27N3O3/c1-22(13-15-4-2-10-20-15)19(24)5-3-11-25-16-7-8-17-14(12-16)6-9-18(23)21-17/h7-8,12,15,20H,2-6,9-11,13H2,1H3,(H,21,23). The molecule has 6 nitrogen and oxygen atoms in total. The molecule has 1 saturated heterocycles. The average molecular weight is 345 g/mol. The van der Waals surface area contributed by atoms with Crippen molar-refractivity contribution in [2.45, 2.75) is 44.6 Å². The first-order chi connectivity index (χ1) is 12.1. The summed E-state index contributed by atoms with van der Waals surface area (Å²) in [5.41, 5.74) is 1.98. The number of nitrogens with one attached hydrogen (secondary N) is 2. The number of likely N-dealkylation sites (N-methyl/N-ethyl adjacent to an activating group) is 1. The fraction of sp³-hybridized carbons (Fsp3) is 0.579. The average Bonchev–Trinajstić information content (AvgIpc) is 3.11. The highest BCUT2D eigenvalue weighted by Gasteiger charge is 2.18. The zero-order valence-electron chi connectivity index (χ0n) is 14.8. The lowest BCUT2D eigenvalue weighted by molar-refractivity contribution is -0.130. The van der Waals surface area contributed by atoms with Gasteiger partial charge in [-0.25, -0.2) is 0 Å².